The van der Waals surface area contributed by atoms with Crippen LogP contribution in [0.1, 0.15) is 21.5 Å². The van der Waals surface area contributed by atoms with Crippen molar-refractivity contribution in [1.82, 2.24) is 4.57 Å². The van der Waals surface area contributed by atoms with Crippen LogP contribution in [0.5, 0.6) is 0 Å². The molecule has 1 heterocycles. The van der Waals surface area contributed by atoms with Gasteiger partial charge in [-0.3, -0.25) is 4.79 Å². The highest BCUT2D eigenvalue weighted by molar-refractivity contribution is 6.14. The molecule has 0 amide bonds. The molecule has 0 aliphatic heterocycles. The van der Waals surface area contributed by atoms with Crippen molar-refractivity contribution in [2.24, 2.45) is 0 Å². The molecule has 0 atom stereocenters. The van der Waals surface area contributed by atoms with E-state index in [1.54, 1.807) is 30.3 Å². The van der Waals surface area contributed by atoms with Crippen LogP contribution in [0.4, 0.5) is 0 Å². The van der Waals surface area contributed by atoms with Crippen LogP contribution < -0.4 is 0 Å². The van der Waals surface area contributed by atoms with E-state index in [4.69, 9.17) is 0 Å². The number of allylic oxidation sites excluding steroid dienone is 1. The maximum atomic E-state index is 12.9. The average Bonchev–Trinajstić information content (AvgIpc) is 3.20. The third kappa shape index (κ3) is 3.59. The van der Waals surface area contributed by atoms with Gasteiger partial charge >= 0.3 is 0 Å². The Hall–Kier alpha value is -4.42. The quantitative estimate of drug-likeness (QED) is 0.185. The van der Waals surface area contributed by atoms with E-state index in [0.29, 0.717) is 12.1 Å². The highest BCUT2D eigenvalue weighted by Crippen LogP contribution is 2.27. The minimum atomic E-state index is -0.265. The van der Waals surface area contributed by atoms with Crippen molar-refractivity contribution in [2.75, 3.05) is 0 Å². The van der Waals surface area contributed by atoms with Gasteiger partial charge in [-0.25, -0.2) is 0 Å². The smallest absolute Gasteiger partial charge is 0.203 e. The first kappa shape index (κ1) is 19.5. The van der Waals surface area contributed by atoms with Crippen LogP contribution in [-0.4, -0.2) is 10.4 Å². The number of Topliss-reactive ketones (excluding diaryl/α,β-unsaturated/α-hetero) is 1. The number of fused-ring (bicyclic) bond motifs is 2. The summed E-state index contributed by atoms with van der Waals surface area (Å²) in [7, 11) is 0. The minimum Gasteiger partial charge on any atom is -0.342 e. The molecule has 0 unspecified atom stereocenters. The predicted octanol–water partition coefficient (Wildman–Crippen LogP) is 6.63. The average molecular weight is 412 g/mol. The molecule has 0 radical (unpaired) electrons. The molecule has 0 fully saturated rings. The maximum Gasteiger partial charge on any atom is 0.203 e. The standard InChI is InChI=1S/C29H20N2O/c30-18-24(29(32)22-10-2-1-3-11-22)17-25-20-31(28-16-7-6-15-27(25)28)19-23-13-8-12-21-9-4-5-14-26(21)23/h1-17,20H,19H2. The molecular formula is C29H20N2O. The van der Waals surface area contributed by atoms with Gasteiger partial charge in [0.25, 0.3) is 0 Å². The van der Waals surface area contributed by atoms with Gasteiger partial charge in [0, 0.05) is 34.8 Å². The van der Waals surface area contributed by atoms with Gasteiger partial charge in [-0.15, -0.1) is 0 Å². The Labute approximate surface area is 186 Å². The molecule has 0 saturated carbocycles. The van der Waals surface area contributed by atoms with Gasteiger partial charge in [0.15, 0.2) is 0 Å². The largest absolute Gasteiger partial charge is 0.342 e. The minimum absolute atomic E-state index is 0.129. The number of benzene rings is 4. The fourth-order valence-electron chi connectivity index (χ4n) is 4.18. The summed E-state index contributed by atoms with van der Waals surface area (Å²) in [5.41, 5.74) is 3.79. The van der Waals surface area contributed by atoms with Crippen molar-refractivity contribution >= 4 is 33.5 Å². The fourth-order valence-corrected chi connectivity index (χ4v) is 4.18. The number of para-hydroxylation sites is 1. The molecule has 0 aliphatic rings. The molecule has 1 aromatic heterocycles. The molecule has 0 spiro atoms. The molecule has 32 heavy (non-hydrogen) atoms. The van der Waals surface area contributed by atoms with Gasteiger partial charge in [-0.05, 0) is 28.5 Å². The van der Waals surface area contributed by atoms with Gasteiger partial charge in [0.05, 0.1) is 0 Å². The van der Waals surface area contributed by atoms with E-state index in [0.717, 1.165) is 16.5 Å². The number of nitriles is 1. The summed E-state index contributed by atoms with van der Waals surface area (Å²) >= 11 is 0. The lowest BCUT2D eigenvalue weighted by Gasteiger charge is -2.09. The van der Waals surface area contributed by atoms with E-state index < -0.39 is 0 Å². The van der Waals surface area contributed by atoms with Crippen molar-refractivity contribution in [3.63, 3.8) is 0 Å². The first-order valence-corrected chi connectivity index (χ1v) is 10.5. The monoisotopic (exact) mass is 412 g/mol. The molecule has 3 heteroatoms. The Morgan fingerprint density at radius 2 is 1.50 bits per heavy atom. The highest BCUT2D eigenvalue weighted by atomic mass is 16.1. The zero-order valence-electron chi connectivity index (χ0n) is 17.4. The Bertz CT molecular complexity index is 1510. The van der Waals surface area contributed by atoms with Crippen LogP contribution in [0.2, 0.25) is 0 Å². The first-order valence-electron chi connectivity index (χ1n) is 10.5. The molecule has 0 saturated heterocycles. The molecule has 3 nitrogen and oxygen atoms in total. The molecule has 0 bridgehead atoms. The van der Waals surface area contributed by atoms with E-state index in [1.807, 2.05) is 36.5 Å². The van der Waals surface area contributed by atoms with E-state index >= 15 is 0 Å². The lowest BCUT2D eigenvalue weighted by Crippen LogP contribution is -2.01. The summed E-state index contributed by atoms with van der Waals surface area (Å²) in [6.45, 7) is 0.699. The van der Waals surface area contributed by atoms with Crippen LogP contribution in [0, 0.1) is 11.3 Å². The number of ketones is 1. The van der Waals surface area contributed by atoms with Gasteiger partial charge in [-0.2, -0.15) is 5.26 Å². The van der Waals surface area contributed by atoms with E-state index in [-0.39, 0.29) is 11.4 Å². The number of aromatic nitrogens is 1. The van der Waals surface area contributed by atoms with Crippen LogP contribution in [0.3, 0.4) is 0 Å². The normalized spacial score (nSPS) is 11.5. The highest BCUT2D eigenvalue weighted by Gasteiger charge is 2.14. The fraction of sp³-hybridized carbons (Fsp3) is 0.0345. The number of carbonyl (C=O) groups excluding carboxylic acids is 1. The Balaban J connectivity index is 1.59. The summed E-state index contributed by atoms with van der Waals surface area (Å²) in [6.07, 6.45) is 3.74. The molecule has 5 aromatic rings. The van der Waals surface area contributed by atoms with Crippen LogP contribution >= 0.6 is 0 Å². The van der Waals surface area contributed by atoms with Crippen molar-refractivity contribution < 1.29 is 4.79 Å². The molecule has 5 rings (SSSR count). The lowest BCUT2D eigenvalue weighted by molar-refractivity contribution is 0.104. The van der Waals surface area contributed by atoms with Crippen molar-refractivity contribution in [3.8, 4) is 6.07 Å². The van der Waals surface area contributed by atoms with E-state index in [9.17, 15) is 10.1 Å². The van der Waals surface area contributed by atoms with Gasteiger partial charge in [-0.1, -0.05) is 91.0 Å². The number of hydrogen-bond acceptors (Lipinski definition) is 2. The van der Waals surface area contributed by atoms with Crippen molar-refractivity contribution in [3.05, 3.63) is 126 Å². The summed E-state index contributed by atoms with van der Waals surface area (Å²) in [6, 6.07) is 33.8. The summed E-state index contributed by atoms with van der Waals surface area (Å²) in [5, 5.41) is 13.2. The van der Waals surface area contributed by atoms with Gasteiger partial charge in [0.2, 0.25) is 5.78 Å². The molecule has 0 aliphatic carbocycles. The van der Waals surface area contributed by atoms with Crippen molar-refractivity contribution in [1.29, 1.82) is 5.26 Å². The SMILES string of the molecule is N#CC(=Cc1cn(Cc2cccc3ccccc23)c2ccccc12)C(=O)c1ccccc1. The second kappa shape index (κ2) is 8.37. The lowest BCUT2D eigenvalue weighted by atomic mass is 10.0. The van der Waals surface area contributed by atoms with Crippen LogP contribution in [0.25, 0.3) is 27.8 Å². The summed E-state index contributed by atoms with van der Waals surface area (Å²) in [4.78, 5) is 12.9. The zero-order valence-corrected chi connectivity index (χ0v) is 17.4. The van der Waals surface area contributed by atoms with E-state index in [2.05, 4.69) is 53.1 Å². The molecular weight excluding hydrogens is 392 g/mol. The summed E-state index contributed by atoms with van der Waals surface area (Å²) in [5.74, 6) is -0.265. The number of hydrogen-bond donors (Lipinski definition) is 0. The zero-order chi connectivity index (χ0) is 21.9. The number of rotatable bonds is 5. The molecule has 0 N–H and O–H groups in total. The van der Waals surface area contributed by atoms with Crippen molar-refractivity contribution in [2.45, 2.75) is 6.54 Å². The Morgan fingerprint density at radius 1 is 0.812 bits per heavy atom. The number of carbonyl (C=O) groups is 1. The third-order valence-corrected chi connectivity index (χ3v) is 5.74. The van der Waals surface area contributed by atoms with E-state index in [1.165, 1.54) is 16.3 Å². The van der Waals surface area contributed by atoms with Gasteiger partial charge in [0.1, 0.15) is 11.6 Å². The van der Waals surface area contributed by atoms with Gasteiger partial charge < -0.3 is 4.57 Å². The number of nitrogens with zero attached hydrogens (tertiary/aromatic N) is 2. The van der Waals surface area contributed by atoms with Crippen LogP contribution in [0.15, 0.2) is 109 Å². The topological polar surface area (TPSA) is 45.8 Å². The Kier molecular flexibility index (Phi) is 5.11. The second-order valence-electron chi connectivity index (χ2n) is 7.73. The Morgan fingerprint density at radius 3 is 2.31 bits per heavy atom. The third-order valence-electron chi connectivity index (χ3n) is 5.74. The predicted molar refractivity (Wildman–Crippen MR) is 129 cm³/mol. The van der Waals surface area contributed by atoms with Crippen LogP contribution in [-0.2, 0) is 6.54 Å². The molecule has 4 aromatic carbocycles. The summed E-state index contributed by atoms with van der Waals surface area (Å²) < 4.78 is 2.19. The first-order chi connectivity index (χ1) is 15.7. The maximum absolute atomic E-state index is 12.9. The molecule has 152 valence electrons. The second-order valence-corrected chi connectivity index (χ2v) is 7.73.